The van der Waals surface area contributed by atoms with Gasteiger partial charge in [0.15, 0.2) is 5.78 Å². The molecule has 0 radical (unpaired) electrons. The van der Waals surface area contributed by atoms with E-state index in [-0.39, 0.29) is 30.3 Å². The summed E-state index contributed by atoms with van der Waals surface area (Å²) >= 11 is 3.24. The van der Waals surface area contributed by atoms with Crippen molar-refractivity contribution >= 4 is 37.8 Å². The molecule has 0 aliphatic heterocycles. The molecule has 34 heavy (non-hydrogen) atoms. The maximum absolute atomic E-state index is 11.7. The number of hydrogen-bond donors (Lipinski definition) is 3. The topological polar surface area (TPSA) is 131 Å². The molecular formula is C23H31BrN2O7S. The smallest absolute Gasteiger partial charge is 0.407 e. The van der Waals surface area contributed by atoms with Crippen LogP contribution in [0, 0.1) is 0 Å². The van der Waals surface area contributed by atoms with Crippen molar-refractivity contribution < 1.29 is 32.7 Å². The van der Waals surface area contributed by atoms with Gasteiger partial charge in [-0.25, -0.2) is 13.2 Å². The molecule has 188 valence electrons. The van der Waals surface area contributed by atoms with E-state index >= 15 is 0 Å². The Labute approximate surface area is 209 Å². The lowest BCUT2D eigenvalue weighted by Crippen LogP contribution is -2.29. The number of aliphatic hydroxyl groups is 1. The van der Waals surface area contributed by atoms with Gasteiger partial charge in [-0.15, -0.1) is 0 Å². The van der Waals surface area contributed by atoms with Crippen LogP contribution < -0.4 is 10.2 Å². The Hall–Kier alpha value is -2.31. The number of carbonyl (C=O) groups excluding carboxylic acids is 2. The third-order valence-electron chi connectivity index (χ3n) is 4.26. The number of benzene rings is 2. The van der Waals surface area contributed by atoms with Gasteiger partial charge in [0.25, 0.3) is 10.0 Å². The average Bonchev–Trinajstić information content (AvgIpc) is 2.82. The summed E-state index contributed by atoms with van der Waals surface area (Å²) in [7, 11) is -3.55. The highest BCUT2D eigenvalue weighted by Gasteiger charge is 2.13. The van der Waals surface area contributed by atoms with Crippen LogP contribution in [0.4, 0.5) is 4.79 Å². The molecule has 0 aliphatic rings. The monoisotopic (exact) mass is 558 g/mol. The second-order valence-electron chi connectivity index (χ2n) is 7.15. The summed E-state index contributed by atoms with van der Waals surface area (Å²) < 4.78 is 29.1. The van der Waals surface area contributed by atoms with E-state index in [0.29, 0.717) is 6.61 Å². The van der Waals surface area contributed by atoms with E-state index in [9.17, 15) is 23.1 Å². The van der Waals surface area contributed by atoms with Gasteiger partial charge in [0.05, 0.1) is 11.5 Å². The van der Waals surface area contributed by atoms with Crippen LogP contribution >= 0.6 is 15.9 Å². The number of hydrogen-bond acceptors (Lipinski definition) is 7. The van der Waals surface area contributed by atoms with E-state index in [1.165, 1.54) is 19.1 Å². The number of nitrogens with one attached hydrogen (secondary N) is 2. The summed E-state index contributed by atoms with van der Waals surface area (Å²) in [6, 6.07) is 15.7. The van der Waals surface area contributed by atoms with Crippen LogP contribution in [-0.2, 0) is 31.0 Å². The third-order valence-corrected chi connectivity index (χ3v) is 6.02. The number of ether oxygens (including phenoxy) is 1. The van der Waals surface area contributed by atoms with Gasteiger partial charge < -0.3 is 15.2 Å². The first kappa shape index (κ1) is 29.7. The van der Waals surface area contributed by atoms with Crippen LogP contribution in [-0.4, -0.2) is 44.7 Å². The second-order valence-corrected chi connectivity index (χ2v) is 9.71. The molecule has 0 fully saturated rings. The van der Waals surface area contributed by atoms with E-state index in [1.807, 2.05) is 37.3 Å². The maximum atomic E-state index is 11.7. The minimum absolute atomic E-state index is 0.187. The van der Waals surface area contributed by atoms with E-state index in [4.69, 9.17) is 9.57 Å². The lowest BCUT2D eigenvalue weighted by atomic mass is 10.2. The van der Waals surface area contributed by atoms with Crippen LogP contribution in [0.2, 0.25) is 0 Å². The summed E-state index contributed by atoms with van der Waals surface area (Å²) in [6.45, 7) is 4.09. The lowest BCUT2D eigenvalue weighted by Gasteiger charge is -2.09. The molecule has 2 rings (SSSR count). The number of carbonyl (C=O) groups is 2. The number of Topliss-reactive ketones (excluding diaryl/α,β-unsaturated/α-hetero) is 1. The standard InChI is InChI=1S/C13H17NO4.C10H14BrNO3S/c1-10(15)12(16)7-8-14-13(17)18-9-11-5-3-2-4-6-11;1-2-3-8-15-12-16(13,14)10-6-4-9(11)5-7-10/h2-6,12,16H,7-9H2,1H3,(H,14,17);4-7,12H,2-3,8H2,1H3/t12-;/m0./s1. The van der Waals surface area contributed by atoms with Crippen molar-refractivity contribution in [1.29, 1.82) is 0 Å². The Morgan fingerprint density at radius 2 is 1.74 bits per heavy atom. The number of halogens is 1. The number of aliphatic hydroxyl groups excluding tert-OH is 1. The van der Waals surface area contributed by atoms with Crippen molar-refractivity contribution in [1.82, 2.24) is 10.2 Å². The number of rotatable bonds is 12. The molecule has 0 bridgehead atoms. The fourth-order valence-electron chi connectivity index (χ4n) is 2.29. The minimum atomic E-state index is -3.55. The molecule has 0 saturated heterocycles. The number of amides is 1. The molecule has 0 heterocycles. The average molecular weight is 559 g/mol. The second kappa shape index (κ2) is 16.3. The lowest BCUT2D eigenvalue weighted by molar-refractivity contribution is -0.125. The molecule has 0 unspecified atom stereocenters. The summed E-state index contributed by atoms with van der Waals surface area (Å²) in [6.07, 6.45) is 0.382. The van der Waals surface area contributed by atoms with E-state index in [2.05, 4.69) is 26.1 Å². The third kappa shape index (κ3) is 12.8. The first-order chi connectivity index (χ1) is 16.2. The number of alkyl carbamates (subject to hydrolysis) is 1. The van der Waals surface area contributed by atoms with Crippen molar-refractivity contribution in [3.8, 4) is 0 Å². The first-order valence-corrected chi connectivity index (χ1v) is 13.0. The first-order valence-electron chi connectivity index (χ1n) is 10.7. The zero-order valence-corrected chi connectivity index (χ0v) is 21.6. The van der Waals surface area contributed by atoms with Gasteiger partial charge in [0.2, 0.25) is 0 Å². The van der Waals surface area contributed by atoms with Crippen molar-refractivity contribution in [2.45, 2.75) is 50.7 Å². The summed E-state index contributed by atoms with van der Waals surface area (Å²) in [5.41, 5.74) is 0.899. The molecule has 0 aliphatic carbocycles. The van der Waals surface area contributed by atoms with Gasteiger partial charge >= 0.3 is 6.09 Å². The molecule has 9 nitrogen and oxygen atoms in total. The molecule has 3 N–H and O–H groups in total. The Morgan fingerprint density at radius 1 is 1.09 bits per heavy atom. The van der Waals surface area contributed by atoms with Crippen molar-refractivity contribution in [2.24, 2.45) is 0 Å². The predicted molar refractivity (Wildman–Crippen MR) is 131 cm³/mol. The highest BCUT2D eigenvalue weighted by Crippen LogP contribution is 2.14. The van der Waals surface area contributed by atoms with Gasteiger partial charge in [-0.1, -0.05) is 64.5 Å². The van der Waals surface area contributed by atoms with Gasteiger partial charge in [-0.3, -0.25) is 9.63 Å². The largest absolute Gasteiger partial charge is 0.445 e. The number of sulfonamides is 1. The zero-order chi connectivity index (χ0) is 25.4. The van der Waals surface area contributed by atoms with Gasteiger partial charge in [-0.2, -0.15) is 0 Å². The van der Waals surface area contributed by atoms with Crippen LogP contribution in [0.25, 0.3) is 0 Å². The number of unbranched alkanes of at least 4 members (excludes halogenated alkanes) is 1. The van der Waals surface area contributed by atoms with E-state index < -0.39 is 22.2 Å². The normalized spacial score (nSPS) is 11.6. The zero-order valence-electron chi connectivity index (χ0n) is 19.2. The quantitative estimate of drug-likeness (QED) is 0.267. The Balaban J connectivity index is 0.000000342. The molecule has 1 amide bonds. The van der Waals surface area contributed by atoms with Crippen LogP contribution in [0.5, 0.6) is 0 Å². The molecule has 0 aromatic heterocycles. The van der Waals surface area contributed by atoms with Gasteiger partial charge in [0.1, 0.15) is 12.7 Å². The summed E-state index contributed by atoms with van der Waals surface area (Å²) in [5.74, 6) is -0.311. The molecule has 0 saturated carbocycles. The van der Waals surface area contributed by atoms with E-state index in [0.717, 1.165) is 22.9 Å². The summed E-state index contributed by atoms with van der Waals surface area (Å²) in [4.78, 5) is 29.2. The van der Waals surface area contributed by atoms with E-state index in [1.54, 1.807) is 12.1 Å². The molecule has 11 heteroatoms. The maximum Gasteiger partial charge on any atom is 0.407 e. The van der Waals surface area contributed by atoms with Crippen LogP contribution in [0.1, 0.15) is 38.7 Å². The van der Waals surface area contributed by atoms with Gasteiger partial charge in [0, 0.05) is 11.0 Å². The highest BCUT2D eigenvalue weighted by atomic mass is 79.9. The number of ketones is 1. The molecule has 1 atom stereocenters. The molecule has 2 aromatic rings. The predicted octanol–water partition coefficient (Wildman–Crippen LogP) is 3.71. The fraction of sp³-hybridized carbons (Fsp3) is 0.391. The van der Waals surface area contributed by atoms with Crippen molar-refractivity contribution in [2.75, 3.05) is 13.2 Å². The summed E-state index contributed by atoms with van der Waals surface area (Å²) in [5, 5.41) is 11.7. The van der Waals surface area contributed by atoms with Crippen molar-refractivity contribution in [3.05, 3.63) is 64.6 Å². The van der Waals surface area contributed by atoms with Crippen LogP contribution in [0.15, 0.2) is 64.0 Å². The minimum Gasteiger partial charge on any atom is -0.445 e. The Bertz CT molecular complexity index is 971. The van der Waals surface area contributed by atoms with Crippen LogP contribution in [0.3, 0.4) is 0 Å². The van der Waals surface area contributed by atoms with Gasteiger partial charge in [-0.05, 0) is 49.6 Å². The SMILES string of the molecule is CC(=O)[C@@H](O)CCNC(=O)OCc1ccccc1.CCCCONS(=O)(=O)c1ccc(Br)cc1. The highest BCUT2D eigenvalue weighted by molar-refractivity contribution is 9.10. The Morgan fingerprint density at radius 3 is 2.32 bits per heavy atom. The molecule has 2 aromatic carbocycles. The Kier molecular flexibility index (Phi) is 14.3. The van der Waals surface area contributed by atoms with Crippen molar-refractivity contribution in [3.63, 3.8) is 0 Å². The molecular weight excluding hydrogens is 528 g/mol. The fourth-order valence-corrected chi connectivity index (χ4v) is 3.38. The molecule has 0 spiro atoms.